The second-order valence-corrected chi connectivity index (χ2v) is 51.2. The van der Waals surface area contributed by atoms with E-state index in [9.17, 15) is 0 Å². The summed E-state index contributed by atoms with van der Waals surface area (Å²) in [5, 5.41) is 0. The molecule has 14 aliphatic rings. The molecule has 0 aliphatic heterocycles. The third-order valence-electron chi connectivity index (χ3n) is 41.5. The summed E-state index contributed by atoms with van der Waals surface area (Å²) in [6, 6.07) is 0. The molecule has 0 spiro atoms. The summed E-state index contributed by atoms with van der Waals surface area (Å²) in [4.78, 5) is 0. The van der Waals surface area contributed by atoms with Gasteiger partial charge in [-0.2, -0.15) is 0 Å². The second-order valence-electron chi connectivity index (χ2n) is 51.2. The van der Waals surface area contributed by atoms with Crippen LogP contribution in [0.1, 0.15) is 649 Å². The van der Waals surface area contributed by atoms with Gasteiger partial charge in [0.15, 0.2) is 0 Å². The molecule has 0 atom stereocenters. The minimum Gasteiger partial charge on any atom is -0.378 e. The Hall–Kier alpha value is -0.120. The minimum absolute atomic E-state index is 0.590. The van der Waals surface area contributed by atoms with Crippen LogP contribution in [0.25, 0.3) is 0 Å². The van der Waals surface area contributed by atoms with Crippen molar-refractivity contribution >= 4 is 0 Å². The number of rotatable bonds is 43. The van der Waals surface area contributed by atoms with Gasteiger partial charge in [-0.3, -0.25) is 0 Å². The number of unbranched alkanes of at least 4 members (excludes halogenated alkanes) is 6. The summed E-state index contributed by atoms with van der Waals surface area (Å²) >= 11 is 0. The Bertz CT molecular complexity index is 2410. The molecule has 3 heteroatoms. The van der Waals surface area contributed by atoms with Crippen molar-refractivity contribution < 1.29 is 14.2 Å². The molecule has 0 bridgehead atoms. The molecule has 3 nitrogen and oxygen atoms in total. The zero-order valence-electron chi connectivity index (χ0n) is 94.3. The van der Waals surface area contributed by atoms with E-state index in [1.165, 1.54) is 360 Å². The quantitative estimate of drug-likeness (QED) is 0.0570. The van der Waals surface area contributed by atoms with E-state index < -0.39 is 0 Å². The van der Waals surface area contributed by atoms with Crippen molar-refractivity contribution in [3.8, 4) is 0 Å². The van der Waals surface area contributed by atoms with Crippen molar-refractivity contribution in [3.63, 3.8) is 0 Å². The first-order chi connectivity index (χ1) is 65.8. The van der Waals surface area contributed by atoms with Crippen LogP contribution in [0, 0.1) is 148 Å². The Kier molecular flexibility index (Phi) is 66.4. The lowest BCUT2D eigenvalue weighted by Gasteiger charge is -2.38. The molecule has 14 aliphatic carbocycles. The van der Waals surface area contributed by atoms with Crippen molar-refractivity contribution in [1.29, 1.82) is 0 Å². The monoisotopic (exact) mass is 1870 g/mol. The van der Waals surface area contributed by atoms with Gasteiger partial charge in [0.1, 0.15) is 0 Å². The zero-order valence-corrected chi connectivity index (χ0v) is 94.3. The number of hydrogen-bond donors (Lipinski definition) is 0. The van der Waals surface area contributed by atoms with Gasteiger partial charge in [0.25, 0.3) is 0 Å². The van der Waals surface area contributed by atoms with Crippen molar-refractivity contribution in [3.05, 3.63) is 0 Å². The van der Waals surface area contributed by atoms with Gasteiger partial charge in [0, 0.05) is 19.8 Å². The highest BCUT2D eigenvalue weighted by Gasteiger charge is 2.39. The van der Waals surface area contributed by atoms with Gasteiger partial charge in [-0.1, -0.05) is 412 Å². The first kappa shape index (κ1) is 119. The highest BCUT2D eigenvalue weighted by molar-refractivity contribution is 4.91. The lowest BCUT2D eigenvalue weighted by molar-refractivity contribution is 0.00538. The molecule has 790 valence electrons. The highest BCUT2D eigenvalue weighted by atomic mass is 16.5. The van der Waals surface area contributed by atoms with Gasteiger partial charge in [0.05, 0.1) is 18.3 Å². The molecule has 0 radical (unpaired) electrons. The molecule has 0 N–H and O–H groups in total. The first-order valence-electron chi connectivity index (χ1n) is 64.7. The average Bonchev–Trinajstić information content (AvgIpc) is 0.891. The maximum absolute atomic E-state index is 6.07. The van der Waals surface area contributed by atoms with Crippen LogP contribution in [-0.2, 0) is 14.2 Å². The van der Waals surface area contributed by atoms with Crippen LogP contribution in [0.4, 0.5) is 0 Å². The van der Waals surface area contributed by atoms with Crippen LogP contribution in [0.3, 0.4) is 0 Å². The van der Waals surface area contributed by atoms with Crippen LogP contribution in [0.5, 0.6) is 0 Å². The van der Waals surface area contributed by atoms with Gasteiger partial charge in [0.2, 0.25) is 0 Å². The van der Waals surface area contributed by atoms with Crippen LogP contribution in [0.15, 0.2) is 0 Å². The van der Waals surface area contributed by atoms with E-state index in [0.717, 1.165) is 168 Å². The Morgan fingerprint density at radius 3 is 0.455 bits per heavy atom. The fraction of sp³-hybridized carbons (Fsp3) is 1.00. The Balaban J connectivity index is 0.000000192. The summed E-state index contributed by atoms with van der Waals surface area (Å²) in [6.07, 6.45) is 129. The fourth-order valence-corrected chi connectivity index (χ4v) is 32.5. The molecule has 0 aromatic heterocycles. The molecule has 0 aromatic carbocycles. The Morgan fingerprint density at radius 1 is 0.119 bits per heavy atom. The van der Waals surface area contributed by atoms with Crippen molar-refractivity contribution in [2.24, 2.45) is 148 Å². The van der Waals surface area contributed by atoms with Crippen LogP contribution in [0.2, 0.25) is 0 Å². The summed E-state index contributed by atoms with van der Waals surface area (Å²) in [7, 11) is 0. The molecular formula is C131H248O3. The maximum Gasteiger partial charge on any atom is 0.0575 e. The Morgan fingerprint density at radius 2 is 0.276 bits per heavy atom. The molecule has 134 heavy (non-hydrogen) atoms. The third-order valence-corrected chi connectivity index (χ3v) is 41.5. The Labute approximate surface area is 843 Å². The fourth-order valence-electron chi connectivity index (χ4n) is 32.5. The van der Waals surface area contributed by atoms with E-state index in [0.29, 0.717) is 18.3 Å². The lowest BCUT2D eigenvalue weighted by atomic mass is 9.68. The first-order valence-corrected chi connectivity index (χ1v) is 64.7. The van der Waals surface area contributed by atoms with E-state index in [1.807, 2.05) is 0 Å². The maximum atomic E-state index is 6.07. The normalized spacial score (nSPS) is 36.1. The van der Waals surface area contributed by atoms with Crippen molar-refractivity contribution in [2.45, 2.75) is 667 Å². The van der Waals surface area contributed by atoms with Crippen LogP contribution < -0.4 is 0 Å². The third kappa shape index (κ3) is 47.6. The SMILES string of the molecule is CCCC1CCC(C2CCC(CC)CC2)CC1.CCCC1CCC(C2CCC(CCC)CC2)CC1.CCCCC1CCC(C2CCC(CCC)CC2)CC1.CCCCCC1CCC(C2CCC(CCC)CC2)CC1.CCCCCOC1CCC(C2CCC(CCC)CC2)CC1.CCCCOC1CCC(C2CCC(CCC)CC2)CC1.CCCOC1CCC(C2CCC(CCC)CC2)CC1. The smallest absolute Gasteiger partial charge is 0.0575 e. The summed E-state index contributed by atoms with van der Waals surface area (Å²) in [5.41, 5.74) is 0. The van der Waals surface area contributed by atoms with Gasteiger partial charge >= 0.3 is 0 Å². The molecular weight excluding hydrogens is 1620 g/mol. The molecule has 0 amide bonds. The van der Waals surface area contributed by atoms with E-state index in [1.54, 1.807) is 193 Å². The van der Waals surface area contributed by atoms with E-state index >= 15 is 0 Å². The number of ether oxygens (including phenoxy) is 3. The van der Waals surface area contributed by atoms with E-state index in [-0.39, 0.29) is 0 Å². The number of hydrogen-bond acceptors (Lipinski definition) is 3. The van der Waals surface area contributed by atoms with Gasteiger partial charge in [-0.25, -0.2) is 0 Å². The highest BCUT2D eigenvalue weighted by Crippen LogP contribution is 2.51. The summed E-state index contributed by atoms with van der Waals surface area (Å²) in [6.45, 7) is 35.5. The molecule has 14 rings (SSSR count). The molecule has 14 saturated carbocycles. The van der Waals surface area contributed by atoms with Crippen molar-refractivity contribution in [1.82, 2.24) is 0 Å². The molecule has 0 aromatic rings. The summed E-state index contributed by atoms with van der Waals surface area (Å²) in [5.74, 6) is 27.0. The van der Waals surface area contributed by atoms with E-state index in [4.69, 9.17) is 14.2 Å². The second kappa shape index (κ2) is 74.7. The molecule has 0 heterocycles. The zero-order chi connectivity index (χ0) is 95.2. The molecule has 0 unspecified atom stereocenters. The summed E-state index contributed by atoms with van der Waals surface area (Å²) < 4.78 is 18.0. The molecule has 14 fully saturated rings. The van der Waals surface area contributed by atoms with Gasteiger partial charge in [-0.15, -0.1) is 0 Å². The van der Waals surface area contributed by atoms with E-state index in [2.05, 4.69) is 96.9 Å². The van der Waals surface area contributed by atoms with Gasteiger partial charge < -0.3 is 14.2 Å². The average molecular weight is 1870 g/mol. The van der Waals surface area contributed by atoms with Crippen LogP contribution >= 0.6 is 0 Å². The largest absolute Gasteiger partial charge is 0.378 e. The predicted octanol–water partition coefficient (Wildman–Crippen LogP) is 43.5. The topological polar surface area (TPSA) is 27.7 Å². The standard InChI is InChI=1S/C20H38O.C20H38.C19H36O.C19H36.C18H34O.C18H34.C17H32/c1-3-5-6-16-21-20-14-12-19(13-15-20)18-10-8-17(7-4-2)9-11-18;1-3-5-6-8-18-11-15-20(16-12-18)19-13-9-17(7-4-2)10-14-19;1-3-5-15-20-19-13-11-18(12-14-19)17-9-7-16(6-4-2)8-10-17;1-3-5-7-17-10-14-19(15-11-17)18-12-8-16(6-4-2)9-13-18;1-3-5-15-6-8-16(9-7-15)17-10-12-18(13-11-17)19-14-4-2;1-3-5-15-7-11-17(12-8-15)18-13-9-16(6-4-2)10-14-18;1-3-5-15-8-12-17(13-9-15)16-10-6-14(4-2)7-11-16/h17-20H,3-16H2,1-2H3;17-20H,3-16H2,1-2H3;16-19H,3-15H2,1-2H3;16-19H,3-15H2,1-2H3;15-18H,3-14H2,1-2H3;15-18H,3-14H2,1-2H3;14-17H,3-13H2,1-2H3. The predicted molar refractivity (Wildman–Crippen MR) is 593 cm³/mol. The lowest BCUT2D eigenvalue weighted by Crippen LogP contribution is -2.28. The minimum atomic E-state index is 0.590. The molecule has 0 saturated heterocycles. The van der Waals surface area contributed by atoms with Gasteiger partial charge in [-0.05, 0) is 386 Å². The van der Waals surface area contributed by atoms with Crippen LogP contribution in [-0.4, -0.2) is 38.1 Å². The van der Waals surface area contributed by atoms with Crippen molar-refractivity contribution in [2.75, 3.05) is 19.8 Å².